The van der Waals surface area contributed by atoms with E-state index < -0.39 is 23.3 Å². The summed E-state index contributed by atoms with van der Waals surface area (Å²) < 4.78 is 40.8. The zero-order valence-electron chi connectivity index (χ0n) is 15.4. The SMILES string of the molecule is O=CC1N(Cc2cccc(F)c2F)CCCC1(O)CNCc1cccc(F)c1. The number of halogens is 3. The second kappa shape index (κ2) is 8.86. The maximum absolute atomic E-state index is 14.0. The van der Waals surface area contributed by atoms with Crippen LogP contribution in [0.3, 0.4) is 0 Å². The van der Waals surface area contributed by atoms with Crippen molar-refractivity contribution in [2.24, 2.45) is 0 Å². The molecule has 0 aromatic heterocycles. The number of hydrogen-bond acceptors (Lipinski definition) is 4. The van der Waals surface area contributed by atoms with Crippen molar-refractivity contribution in [1.82, 2.24) is 10.2 Å². The summed E-state index contributed by atoms with van der Waals surface area (Å²) in [6.45, 7) is 0.976. The van der Waals surface area contributed by atoms with Crippen LogP contribution in [0, 0.1) is 17.5 Å². The van der Waals surface area contributed by atoms with Gasteiger partial charge in [-0.25, -0.2) is 13.2 Å². The first kappa shape index (κ1) is 20.5. The van der Waals surface area contributed by atoms with Gasteiger partial charge in [0.15, 0.2) is 11.6 Å². The van der Waals surface area contributed by atoms with Gasteiger partial charge >= 0.3 is 0 Å². The highest BCUT2D eigenvalue weighted by molar-refractivity contribution is 5.60. The van der Waals surface area contributed by atoms with E-state index >= 15 is 0 Å². The van der Waals surface area contributed by atoms with Crippen LogP contribution in [-0.2, 0) is 17.9 Å². The average Bonchev–Trinajstić information content (AvgIpc) is 2.66. The van der Waals surface area contributed by atoms with Crippen LogP contribution in [0.1, 0.15) is 24.0 Å². The molecular formula is C21H23F3N2O2. The summed E-state index contributed by atoms with van der Waals surface area (Å²) in [5.41, 5.74) is -0.485. The van der Waals surface area contributed by atoms with Gasteiger partial charge in [-0.2, -0.15) is 0 Å². The summed E-state index contributed by atoms with van der Waals surface area (Å²) in [5, 5.41) is 14.1. The van der Waals surface area contributed by atoms with E-state index in [1.165, 1.54) is 24.3 Å². The van der Waals surface area contributed by atoms with Crippen LogP contribution in [0.2, 0.25) is 0 Å². The van der Waals surface area contributed by atoms with E-state index in [0.29, 0.717) is 32.2 Å². The standard InChI is InChI=1S/C21H23F3N2O2/c22-17-6-1-4-15(10-17)11-25-14-21(28)8-3-9-26(19(21)13-27)12-16-5-2-7-18(23)20(16)24/h1-2,4-7,10,13,19,25,28H,3,8-9,11-12,14H2. The third kappa shape index (κ3) is 4.60. The third-order valence-electron chi connectivity index (χ3n) is 5.18. The van der Waals surface area contributed by atoms with Crippen LogP contribution < -0.4 is 5.32 Å². The van der Waals surface area contributed by atoms with Crippen LogP contribution in [-0.4, -0.2) is 41.0 Å². The molecule has 0 spiro atoms. The second-order valence-electron chi connectivity index (χ2n) is 7.20. The molecule has 150 valence electrons. The molecule has 1 heterocycles. The van der Waals surface area contributed by atoms with Crippen molar-refractivity contribution in [1.29, 1.82) is 0 Å². The molecule has 1 saturated heterocycles. The van der Waals surface area contributed by atoms with E-state index in [0.717, 1.165) is 11.6 Å². The van der Waals surface area contributed by atoms with Crippen molar-refractivity contribution in [3.63, 3.8) is 0 Å². The average molecular weight is 392 g/mol. The lowest BCUT2D eigenvalue weighted by atomic mass is 9.84. The Morgan fingerprint density at radius 1 is 1.21 bits per heavy atom. The van der Waals surface area contributed by atoms with E-state index in [4.69, 9.17) is 0 Å². The van der Waals surface area contributed by atoms with Crippen molar-refractivity contribution < 1.29 is 23.1 Å². The maximum atomic E-state index is 14.0. The smallest absolute Gasteiger partial charge is 0.163 e. The number of likely N-dealkylation sites (tertiary alicyclic amines) is 1. The van der Waals surface area contributed by atoms with Crippen LogP contribution in [0.15, 0.2) is 42.5 Å². The topological polar surface area (TPSA) is 52.6 Å². The zero-order chi connectivity index (χ0) is 20.1. The van der Waals surface area contributed by atoms with E-state index in [-0.39, 0.29) is 24.5 Å². The Labute approximate surface area is 162 Å². The van der Waals surface area contributed by atoms with Crippen LogP contribution in [0.25, 0.3) is 0 Å². The molecule has 0 aliphatic carbocycles. The van der Waals surface area contributed by atoms with Gasteiger partial charge in [0, 0.05) is 25.2 Å². The predicted molar refractivity (Wildman–Crippen MR) is 98.9 cm³/mol. The van der Waals surface area contributed by atoms with Crippen LogP contribution in [0.5, 0.6) is 0 Å². The molecule has 0 bridgehead atoms. The van der Waals surface area contributed by atoms with Crippen molar-refractivity contribution in [2.45, 2.75) is 37.6 Å². The van der Waals surface area contributed by atoms with Crippen LogP contribution in [0.4, 0.5) is 13.2 Å². The van der Waals surface area contributed by atoms with Gasteiger partial charge < -0.3 is 15.2 Å². The van der Waals surface area contributed by atoms with Crippen molar-refractivity contribution >= 4 is 6.29 Å². The Morgan fingerprint density at radius 3 is 2.75 bits per heavy atom. The van der Waals surface area contributed by atoms with E-state index in [1.807, 2.05) is 0 Å². The number of piperidine rings is 1. The summed E-state index contributed by atoms with van der Waals surface area (Å²) in [6, 6.07) is 9.18. The lowest BCUT2D eigenvalue weighted by Crippen LogP contribution is -2.61. The van der Waals surface area contributed by atoms with Gasteiger partial charge in [0.05, 0.1) is 11.6 Å². The fraction of sp³-hybridized carbons (Fsp3) is 0.381. The number of rotatable bonds is 7. The van der Waals surface area contributed by atoms with E-state index in [2.05, 4.69) is 5.32 Å². The fourth-order valence-corrected chi connectivity index (χ4v) is 3.76. The molecule has 7 heteroatoms. The molecule has 3 rings (SSSR count). The molecule has 28 heavy (non-hydrogen) atoms. The van der Waals surface area contributed by atoms with Crippen LogP contribution >= 0.6 is 0 Å². The summed E-state index contributed by atoms with van der Waals surface area (Å²) in [4.78, 5) is 13.4. The highest BCUT2D eigenvalue weighted by Gasteiger charge is 2.43. The molecule has 2 aromatic carbocycles. The maximum Gasteiger partial charge on any atom is 0.163 e. The summed E-state index contributed by atoms with van der Waals surface area (Å²) >= 11 is 0. The number of aldehydes is 1. The minimum Gasteiger partial charge on any atom is -0.386 e. The van der Waals surface area contributed by atoms with Gasteiger partial charge in [-0.3, -0.25) is 4.90 Å². The van der Waals surface area contributed by atoms with E-state index in [9.17, 15) is 23.1 Å². The van der Waals surface area contributed by atoms with Gasteiger partial charge in [-0.15, -0.1) is 0 Å². The molecule has 0 saturated carbocycles. The molecule has 1 fully saturated rings. The van der Waals surface area contributed by atoms with Crippen molar-refractivity contribution in [2.75, 3.05) is 13.1 Å². The summed E-state index contributed by atoms with van der Waals surface area (Å²) in [5.74, 6) is -2.22. The molecule has 0 radical (unpaired) electrons. The lowest BCUT2D eigenvalue weighted by Gasteiger charge is -2.44. The van der Waals surface area contributed by atoms with E-state index in [1.54, 1.807) is 17.0 Å². The number of nitrogens with one attached hydrogen (secondary N) is 1. The Kier molecular flexibility index (Phi) is 6.49. The molecule has 2 N–H and O–H groups in total. The molecule has 1 aliphatic heterocycles. The number of nitrogens with zero attached hydrogens (tertiary/aromatic N) is 1. The van der Waals surface area contributed by atoms with Crippen molar-refractivity contribution in [3.05, 3.63) is 71.0 Å². The number of hydrogen-bond donors (Lipinski definition) is 2. The number of carbonyl (C=O) groups is 1. The van der Waals surface area contributed by atoms with Gasteiger partial charge in [-0.1, -0.05) is 24.3 Å². The first-order chi connectivity index (χ1) is 13.4. The summed E-state index contributed by atoms with van der Waals surface area (Å²) in [6.07, 6.45) is 1.66. The minimum atomic E-state index is -1.35. The highest BCUT2D eigenvalue weighted by Crippen LogP contribution is 2.28. The molecule has 2 unspecified atom stereocenters. The lowest BCUT2D eigenvalue weighted by molar-refractivity contribution is -0.130. The summed E-state index contributed by atoms with van der Waals surface area (Å²) in [7, 11) is 0. The Morgan fingerprint density at radius 2 is 2.00 bits per heavy atom. The van der Waals surface area contributed by atoms with Crippen molar-refractivity contribution in [3.8, 4) is 0 Å². The quantitative estimate of drug-likeness (QED) is 0.712. The molecule has 4 nitrogen and oxygen atoms in total. The van der Waals surface area contributed by atoms with Gasteiger partial charge in [0.25, 0.3) is 0 Å². The van der Waals surface area contributed by atoms with Gasteiger partial charge in [-0.05, 0) is 43.1 Å². The second-order valence-corrected chi connectivity index (χ2v) is 7.20. The largest absolute Gasteiger partial charge is 0.386 e. The number of benzene rings is 2. The predicted octanol–water partition coefficient (Wildman–Crippen LogP) is 2.79. The Bertz CT molecular complexity index is 833. The molecule has 1 aliphatic rings. The Balaban J connectivity index is 1.68. The normalized spacial score (nSPS) is 22.9. The first-order valence-electron chi connectivity index (χ1n) is 9.23. The first-order valence-corrected chi connectivity index (χ1v) is 9.23. The number of carbonyl (C=O) groups excluding carboxylic acids is 1. The van der Waals surface area contributed by atoms with Gasteiger partial charge in [0.2, 0.25) is 0 Å². The zero-order valence-corrected chi connectivity index (χ0v) is 15.4. The molecule has 0 amide bonds. The highest BCUT2D eigenvalue weighted by atomic mass is 19.2. The monoisotopic (exact) mass is 392 g/mol. The molecule has 2 atom stereocenters. The Hall–Kier alpha value is -2.22. The molecular weight excluding hydrogens is 369 g/mol. The minimum absolute atomic E-state index is 0.0270. The molecule has 2 aromatic rings. The van der Waals surface area contributed by atoms with Gasteiger partial charge in [0.1, 0.15) is 12.1 Å². The third-order valence-corrected chi connectivity index (χ3v) is 5.18. The fourth-order valence-electron chi connectivity index (χ4n) is 3.76. The number of aliphatic hydroxyl groups is 1.